The molecule has 19 heavy (non-hydrogen) atoms. The van der Waals surface area contributed by atoms with Crippen molar-refractivity contribution in [2.24, 2.45) is 16.8 Å². The first-order valence-corrected chi connectivity index (χ1v) is 6.52. The molecule has 104 valence electrons. The average molecular weight is 332 g/mol. The van der Waals surface area contributed by atoms with Crippen LogP contribution in [0.3, 0.4) is 0 Å². The molecule has 1 rings (SSSR count). The van der Waals surface area contributed by atoms with Gasteiger partial charge >= 0.3 is 0 Å². The summed E-state index contributed by atoms with van der Waals surface area (Å²) < 4.78 is 13.7. The van der Waals surface area contributed by atoms with E-state index >= 15 is 0 Å². The second-order valence-electron chi connectivity index (χ2n) is 3.98. The molecule has 5 nitrogen and oxygen atoms in total. The Bertz CT molecular complexity index is 494. The first-order valence-electron chi connectivity index (χ1n) is 5.73. The predicted octanol–water partition coefficient (Wildman–Crippen LogP) is 2.69. The van der Waals surface area contributed by atoms with Gasteiger partial charge in [0.15, 0.2) is 5.84 Å². The highest BCUT2D eigenvalue weighted by Crippen LogP contribution is 2.24. The van der Waals surface area contributed by atoms with Crippen molar-refractivity contribution in [1.82, 2.24) is 0 Å². The van der Waals surface area contributed by atoms with Crippen molar-refractivity contribution < 1.29 is 14.4 Å². The maximum atomic E-state index is 13.1. The molecule has 0 fully saturated rings. The molecule has 1 amide bonds. The van der Waals surface area contributed by atoms with E-state index in [1.165, 1.54) is 18.2 Å². The van der Waals surface area contributed by atoms with Crippen molar-refractivity contribution in [3.8, 4) is 0 Å². The number of carbonyl (C=O) groups is 1. The molecule has 1 aromatic carbocycles. The van der Waals surface area contributed by atoms with Crippen LogP contribution in [-0.4, -0.2) is 17.0 Å². The van der Waals surface area contributed by atoms with Gasteiger partial charge in [0, 0.05) is 4.47 Å². The van der Waals surface area contributed by atoms with Crippen molar-refractivity contribution >= 4 is 33.4 Å². The molecule has 0 saturated heterocycles. The van der Waals surface area contributed by atoms with Crippen molar-refractivity contribution in [2.75, 3.05) is 5.32 Å². The Hall–Kier alpha value is -1.63. The van der Waals surface area contributed by atoms with Gasteiger partial charge in [-0.2, -0.15) is 0 Å². The smallest absolute Gasteiger partial charge is 0.235 e. The minimum absolute atomic E-state index is 0.160. The number of anilines is 1. The Morgan fingerprint density at radius 3 is 2.89 bits per heavy atom. The Kier molecular flexibility index (Phi) is 5.75. The molecule has 0 aliphatic carbocycles. The van der Waals surface area contributed by atoms with Crippen LogP contribution >= 0.6 is 15.9 Å². The minimum Gasteiger partial charge on any atom is -0.409 e. The van der Waals surface area contributed by atoms with Crippen LogP contribution < -0.4 is 11.1 Å². The number of nitrogens with two attached hydrogens (primary N) is 1. The Morgan fingerprint density at radius 1 is 1.63 bits per heavy atom. The molecule has 0 bridgehead atoms. The highest BCUT2D eigenvalue weighted by atomic mass is 79.9. The van der Waals surface area contributed by atoms with Crippen LogP contribution in [0.15, 0.2) is 27.8 Å². The van der Waals surface area contributed by atoms with Gasteiger partial charge in [0.25, 0.3) is 0 Å². The summed E-state index contributed by atoms with van der Waals surface area (Å²) in [6.45, 7) is 1.88. The fourth-order valence-corrected chi connectivity index (χ4v) is 1.93. The van der Waals surface area contributed by atoms with E-state index in [4.69, 9.17) is 10.9 Å². The molecule has 0 saturated carbocycles. The van der Waals surface area contributed by atoms with Crippen molar-refractivity contribution in [1.29, 1.82) is 0 Å². The molecular formula is C12H15BrFN3O2. The summed E-state index contributed by atoms with van der Waals surface area (Å²) in [6.07, 6.45) is 1.13. The number of nitrogens with zero attached hydrogens (tertiary/aromatic N) is 1. The van der Waals surface area contributed by atoms with E-state index in [-0.39, 0.29) is 5.84 Å². The van der Waals surface area contributed by atoms with Gasteiger partial charge in [-0.1, -0.05) is 18.5 Å². The predicted molar refractivity (Wildman–Crippen MR) is 74.5 cm³/mol. The van der Waals surface area contributed by atoms with Crippen molar-refractivity contribution in [2.45, 2.75) is 19.8 Å². The molecule has 0 aromatic heterocycles. The lowest BCUT2D eigenvalue weighted by Crippen LogP contribution is -2.34. The number of carbonyl (C=O) groups excluding carboxylic acids is 1. The second kappa shape index (κ2) is 7.08. The van der Waals surface area contributed by atoms with Crippen LogP contribution in [-0.2, 0) is 4.79 Å². The lowest BCUT2D eigenvalue weighted by Gasteiger charge is -2.15. The first kappa shape index (κ1) is 15.4. The third-order valence-electron chi connectivity index (χ3n) is 2.55. The topological polar surface area (TPSA) is 87.7 Å². The van der Waals surface area contributed by atoms with Gasteiger partial charge in [-0.15, -0.1) is 0 Å². The standard InChI is InChI=1S/C12H15BrFN3O2/c1-2-3-8(11(15)17-19)12(18)16-10-6-7(14)4-5-9(10)13/h4-6,8,19H,2-3H2,1H3,(H2,15,17)(H,16,18). The number of rotatable bonds is 5. The molecule has 0 spiro atoms. The highest BCUT2D eigenvalue weighted by Gasteiger charge is 2.23. The number of amides is 1. The SMILES string of the molecule is CCCC(C(=O)Nc1cc(F)ccc1Br)/C(N)=N/O. The van der Waals surface area contributed by atoms with Crippen molar-refractivity contribution in [3.05, 3.63) is 28.5 Å². The lowest BCUT2D eigenvalue weighted by atomic mass is 10.0. The third-order valence-corrected chi connectivity index (χ3v) is 3.24. The van der Waals surface area contributed by atoms with Gasteiger partial charge in [0.2, 0.25) is 5.91 Å². The van der Waals surface area contributed by atoms with Crippen LogP contribution in [0.4, 0.5) is 10.1 Å². The summed E-state index contributed by atoms with van der Waals surface area (Å²) in [5, 5.41) is 14.1. The molecule has 0 aliphatic heterocycles. The molecular weight excluding hydrogens is 317 g/mol. The van der Waals surface area contributed by atoms with Crippen LogP contribution in [0.25, 0.3) is 0 Å². The van der Waals surface area contributed by atoms with E-state index < -0.39 is 17.6 Å². The second-order valence-corrected chi connectivity index (χ2v) is 4.83. The van der Waals surface area contributed by atoms with E-state index in [1.807, 2.05) is 6.92 Å². The summed E-state index contributed by atoms with van der Waals surface area (Å²) >= 11 is 3.21. The molecule has 7 heteroatoms. The molecule has 1 aromatic rings. The number of halogens is 2. The number of amidine groups is 1. The summed E-state index contributed by atoms with van der Waals surface area (Å²) in [5.74, 6) is -1.81. The molecule has 1 unspecified atom stereocenters. The van der Waals surface area contributed by atoms with E-state index in [9.17, 15) is 9.18 Å². The van der Waals surface area contributed by atoms with E-state index in [0.29, 0.717) is 23.0 Å². The monoisotopic (exact) mass is 331 g/mol. The van der Waals surface area contributed by atoms with Crippen molar-refractivity contribution in [3.63, 3.8) is 0 Å². The minimum atomic E-state index is -0.745. The van der Waals surface area contributed by atoms with Crippen LogP contribution in [0.5, 0.6) is 0 Å². The summed E-state index contributed by atoms with van der Waals surface area (Å²) in [7, 11) is 0. The number of oxime groups is 1. The highest BCUT2D eigenvalue weighted by molar-refractivity contribution is 9.10. The van der Waals surface area contributed by atoms with Crippen LogP contribution in [0, 0.1) is 11.7 Å². The number of nitrogens with one attached hydrogen (secondary N) is 1. The normalized spacial score (nSPS) is 13.1. The van der Waals surface area contributed by atoms with Gasteiger partial charge in [-0.3, -0.25) is 4.79 Å². The zero-order valence-electron chi connectivity index (χ0n) is 10.4. The summed E-state index contributed by atoms with van der Waals surface area (Å²) in [5.41, 5.74) is 5.78. The van der Waals surface area contributed by atoms with E-state index in [0.717, 1.165) is 0 Å². The lowest BCUT2D eigenvalue weighted by molar-refractivity contribution is -0.118. The quantitative estimate of drug-likeness (QED) is 0.335. The number of hydrogen-bond donors (Lipinski definition) is 3. The van der Waals surface area contributed by atoms with Crippen LogP contribution in [0.1, 0.15) is 19.8 Å². The van der Waals surface area contributed by atoms with E-state index in [1.54, 1.807) is 0 Å². The van der Waals surface area contributed by atoms with Gasteiger partial charge in [0.1, 0.15) is 5.82 Å². The maximum absolute atomic E-state index is 13.1. The Morgan fingerprint density at radius 2 is 2.32 bits per heavy atom. The zero-order valence-corrected chi connectivity index (χ0v) is 11.9. The first-order chi connectivity index (χ1) is 8.99. The van der Waals surface area contributed by atoms with Gasteiger partial charge in [0.05, 0.1) is 11.6 Å². The summed E-state index contributed by atoms with van der Waals surface area (Å²) in [6, 6.07) is 3.95. The average Bonchev–Trinajstić information content (AvgIpc) is 2.39. The number of hydrogen-bond acceptors (Lipinski definition) is 3. The Labute approximate surface area is 118 Å². The van der Waals surface area contributed by atoms with Crippen LogP contribution in [0.2, 0.25) is 0 Å². The largest absolute Gasteiger partial charge is 0.409 e. The third kappa shape index (κ3) is 4.20. The zero-order chi connectivity index (χ0) is 14.4. The molecule has 4 N–H and O–H groups in total. The summed E-state index contributed by atoms with van der Waals surface area (Å²) in [4.78, 5) is 12.0. The molecule has 0 radical (unpaired) electrons. The fraction of sp³-hybridized carbons (Fsp3) is 0.333. The Balaban J connectivity index is 2.90. The maximum Gasteiger partial charge on any atom is 0.235 e. The molecule has 0 heterocycles. The number of benzene rings is 1. The van der Waals surface area contributed by atoms with Gasteiger partial charge < -0.3 is 16.3 Å². The van der Waals surface area contributed by atoms with Gasteiger partial charge in [-0.05, 0) is 40.5 Å². The molecule has 0 aliphatic rings. The molecule has 1 atom stereocenters. The fourth-order valence-electron chi connectivity index (χ4n) is 1.58. The van der Waals surface area contributed by atoms with E-state index in [2.05, 4.69) is 26.4 Å². The van der Waals surface area contributed by atoms with Gasteiger partial charge in [-0.25, -0.2) is 4.39 Å².